The zero-order chi connectivity index (χ0) is 21.9. The van der Waals surface area contributed by atoms with Crippen LogP contribution in [-0.4, -0.2) is 30.4 Å². The molecule has 1 unspecified atom stereocenters. The summed E-state index contributed by atoms with van der Waals surface area (Å²) in [5, 5.41) is 2.62. The normalized spacial score (nSPS) is 11.4. The number of ether oxygens (including phenoxy) is 2. The molecule has 0 saturated carbocycles. The summed E-state index contributed by atoms with van der Waals surface area (Å²) >= 11 is 0. The Labute approximate surface area is 175 Å². The molecule has 2 rings (SSSR count). The molecule has 160 valence electrons. The first-order chi connectivity index (χ1) is 14.4. The van der Waals surface area contributed by atoms with Crippen molar-refractivity contribution in [1.29, 1.82) is 0 Å². The largest absolute Gasteiger partial charge is 0.494 e. The van der Waals surface area contributed by atoms with Gasteiger partial charge >= 0.3 is 5.97 Å². The maximum Gasteiger partial charge on any atom is 0.307 e. The highest BCUT2D eigenvalue weighted by Gasteiger charge is 2.18. The van der Waals surface area contributed by atoms with Crippen LogP contribution in [0.2, 0.25) is 0 Å². The Hall–Kier alpha value is -3.22. The van der Waals surface area contributed by atoms with Crippen molar-refractivity contribution in [2.24, 2.45) is 0 Å². The molecule has 6 nitrogen and oxygen atoms in total. The third-order valence-corrected chi connectivity index (χ3v) is 4.26. The molecular weight excluding hydrogens is 389 g/mol. The Morgan fingerprint density at radius 1 is 1.00 bits per heavy atom. The minimum absolute atomic E-state index is 0.0160. The lowest BCUT2D eigenvalue weighted by Gasteiger charge is -2.13. The Bertz CT molecular complexity index is 849. The summed E-state index contributed by atoms with van der Waals surface area (Å²) in [6.07, 6.45) is -0.241. The van der Waals surface area contributed by atoms with Crippen LogP contribution in [0.25, 0.3) is 0 Å². The van der Waals surface area contributed by atoms with E-state index in [4.69, 9.17) is 9.47 Å². The van der Waals surface area contributed by atoms with E-state index in [0.29, 0.717) is 17.9 Å². The molecule has 0 aliphatic carbocycles. The number of Topliss-reactive ketones (excluding diaryl/α,β-unsaturated/α-hetero) is 1. The van der Waals surface area contributed by atoms with Crippen LogP contribution in [0.3, 0.4) is 0 Å². The van der Waals surface area contributed by atoms with E-state index in [1.165, 1.54) is 19.1 Å². The molecule has 0 radical (unpaired) electrons. The first-order valence-electron chi connectivity index (χ1n) is 9.86. The van der Waals surface area contributed by atoms with Crippen LogP contribution in [-0.2, 0) is 20.9 Å². The lowest BCUT2D eigenvalue weighted by Crippen LogP contribution is -2.35. The smallest absolute Gasteiger partial charge is 0.307 e. The molecule has 30 heavy (non-hydrogen) atoms. The molecule has 2 aromatic rings. The molecule has 1 amide bonds. The van der Waals surface area contributed by atoms with E-state index in [1.807, 2.05) is 6.92 Å². The van der Waals surface area contributed by atoms with Crippen molar-refractivity contribution in [2.75, 3.05) is 6.61 Å². The minimum Gasteiger partial charge on any atom is -0.494 e. The van der Waals surface area contributed by atoms with Gasteiger partial charge in [0.2, 0.25) is 0 Å². The summed E-state index contributed by atoms with van der Waals surface area (Å²) in [6.45, 7) is 4.26. The van der Waals surface area contributed by atoms with E-state index in [2.05, 4.69) is 5.32 Å². The van der Waals surface area contributed by atoms with Gasteiger partial charge < -0.3 is 14.8 Å². The Morgan fingerprint density at radius 3 is 2.30 bits per heavy atom. The number of esters is 1. The van der Waals surface area contributed by atoms with Crippen molar-refractivity contribution >= 4 is 17.7 Å². The van der Waals surface area contributed by atoms with Crippen LogP contribution in [0.5, 0.6) is 5.75 Å². The molecule has 1 atom stereocenters. The summed E-state index contributed by atoms with van der Waals surface area (Å²) in [6, 6.07) is 12.5. The third-order valence-electron chi connectivity index (χ3n) is 4.26. The van der Waals surface area contributed by atoms with E-state index in [1.54, 1.807) is 36.4 Å². The molecule has 0 aliphatic heterocycles. The second kappa shape index (κ2) is 11.7. The number of amides is 1. The number of ketones is 1. The summed E-state index contributed by atoms with van der Waals surface area (Å²) < 4.78 is 23.4. The topological polar surface area (TPSA) is 81.7 Å². The molecule has 0 fully saturated rings. The van der Waals surface area contributed by atoms with E-state index in [0.717, 1.165) is 12.0 Å². The maximum absolute atomic E-state index is 12.9. The highest BCUT2D eigenvalue weighted by Crippen LogP contribution is 2.14. The lowest BCUT2D eigenvalue weighted by atomic mass is 10.1. The number of carbonyl (C=O) groups excluding carboxylic acids is 3. The third kappa shape index (κ3) is 7.66. The van der Waals surface area contributed by atoms with Crippen LogP contribution in [0.15, 0.2) is 48.5 Å². The zero-order valence-corrected chi connectivity index (χ0v) is 17.2. The maximum atomic E-state index is 12.9. The number of hydrogen-bond donors (Lipinski definition) is 1. The average Bonchev–Trinajstić information content (AvgIpc) is 2.75. The van der Waals surface area contributed by atoms with Gasteiger partial charge in [0.15, 0.2) is 11.9 Å². The highest BCUT2D eigenvalue weighted by molar-refractivity contribution is 5.97. The van der Waals surface area contributed by atoms with Crippen LogP contribution in [0.4, 0.5) is 4.39 Å². The van der Waals surface area contributed by atoms with Gasteiger partial charge in [-0.3, -0.25) is 14.4 Å². The zero-order valence-electron chi connectivity index (χ0n) is 17.2. The van der Waals surface area contributed by atoms with Crippen LogP contribution < -0.4 is 10.1 Å². The lowest BCUT2D eigenvalue weighted by molar-refractivity contribution is -0.154. The van der Waals surface area contributed by atoms with Crippen molar-refractivity contribution in [3.63, 3.8) is 0 Å². The van der Waals surface area contributed by atoms with Gasteiger partial charge in [-0.05, 0) is 55.3 Å². The molecule has 7 heteroatoms. The molecule has 0 bridgehead atoms. The second-order valence-electron chi connectivity index (χ2n) is 6.77. The van der Waals surface area contributed by atoms with E-state index >= 15 is 0 Å². The van der Waals surface area contributed by atoms with Gasteiger partial charge in [0.05, 0.1) is 13.0 Å². The van der Waals surface area contributed by atoms with Gasteiger partial charge in [-0.25, -0.2) is 4.39 Å². The number of carbonyl (C=O) groups is 3. The number of nitrogens with one attached hydrogen (secondary N) is 1. The van der Waals surface area contributed by atoms with Gasteiger partial charge in [-0.1, -0.05) is 19.1 Å². The minimum atomic E-state index is -0.997. The first kappa shape index (κ1) is 23.1. The monoisotopic (exact) mass is 415 g/mol. The molecule has 0 spiro atoms. The Morgan fingerprint density at radius 2 is 1.67 bits per heavy atom. The standard InChI is InChI=1S/C23H26FNO5/c1-3-14-29-20-10-6-18(7-11-20)21(26)12-13-22(27)30-16(2)23(28)25-15-17-4-8-19(24)9-5-17/h4-11,16H,3,12-15H2,1-2H3,(H,25,28). The molecule has 0 aromatic heterocycles. The predicted molar refractivity (Wildman–Crippen MR) is 110 cm³/mol. The van der Waals surface area contributed by atoms with Crippen molar-refractivity contribution in [2.45, 2.75) is 45.8 Å². The molecule has 0 heterocycles. The van der Waals surface area contributed by atoms with Gasteiger partial charge in [-0.2, -0.15) is 0 Å². The van der Waals surface area contributed by atoms with Gasteiger partial charge in [0, 0.05) is 18.5 Å². The fourth-order valence-corrected chi connectivity index (χ4v) is 2.56. The van der Waals surface area contributed by atoms with Crippen molar-refractivity contribution < 1.29 is 28.2 Å². The van der Waals surface area contributed by atoms with Crippen LogP contribution in [0.1, 0.15) is 49.0 Å². The molecule has 1 N–H and O–H groups in total. The highest BCUT2D eigenvalue weighted by atomic mass is 19.1. The number of hydrogen-bond acceptors (Lipinski definition) is 5. The quantitative estimate of drug-likeness (QED) is 0.446. The summed E-state index contributed by atoms with van der Waals surface area (Å²) in [5.74, 6) is -0.962. The Kier molecular flexibility index (Phi) is 9.00. The van der Waals surface area contributed by atoms with Crippen LogP contribution >= 0.6 is 0 Å². The second-order valence-corrected chi connectivity index (χ2v) is 6.77. The molecular formula is C23H26FNO5. The van der Waals surface area contributed by atoms with Gasteiger partial charge in [-0.15, -0.1) is 0 Å². The van der Waals surface area contributed by atoms with E-state index < -0.39 is 18.0 Å². The Balaban J connectivity index is 1.72. The molecule has 0 saturated heterocycles. The summed E-state index contributed by atoms with van der Waals surface area (Å²) in [4.78, 5) is 36.2. The summed E-state index contributed by atoms with van der Waals surface area (Å²) in [5.41, 5.74) is 1.21. The fraction of sp³-hybridized carbons (Fsp3) is 0.348. The van der Waals surface area contributed by atoms with Crippen LogP contribution in [0, 0.1) is 5.82 Å². The van der Waals surface area contributed by atoms with Crippen molar-refractivity contribution in [3.8, 4) is 5.75 Å². The van der Waals surface area contributed by atoms with Crippen molar-refractivity contribution in [3.05, 3.63) is 65.5 Å². The van der Waals surface area contributed by atoms with Gasteiger partial charge in [0.1, 0.15) is 11.6 Å². The average molecular weight is 415 g/mol. The first-order valence-corrected chi connectivity index (χ1v) is 9.86. The SMILES string of the molecule is CCCOc1ccc(C(=O)CCC(=O)OC(C)C(=O)NCc2ccc(F)cc2)cc1. The molecule has 0 aliphatic rings. The number of halogens is 1. The predicted octanol–water partition coefficient (Wildman–Crippen LogP) is 3.83. The number of benzene rings is 2. The summed E-state index contributed by atoms with van der Waals surface area (Å²) in [7, 11) is 0. The van der Waals surface area contributed by atoms with Gasteiger partial charge in [0.25, 0.3) is 5.91 Å². The van der Waals surface area contributed by atoms with Crippen molar-refractivity contribution in [1.82, 2.24) is 5.32 Å². The molecule has 2 aromatic carbocycles. The number of rotatable bonds is 11. The van der Waals surface area contributed by atoms with E-state index in [9.17, 15) is 18.8 Å². The fourth-order valence-electron chi connectivity index (χ4n) is 2.56. The van der Waals surface area contributed by atoms with E-state index in [-0.39, 0.29) is 31.0 Å².